The molecule has 0 radical (unpaired) electrons. The number of aromatic nitrogens is 1. The van der Waals surface area contributed by atoms with Gasteiger partial charge in [0.25, 0.3) is 0 Å². The first kappa shape index (κ1) is 20.0. The lowest BCUT2D eigenvalue weighted by atomic mass is 10.2. The average Bonchev–Trinajstić information content (AvgIpc) is 2.89. The van der Waals surface area contributed by atoms with Gasteiger partial charge in [0.2, 0.25) is 0 Å². The van der Waals surface area contributed by atoms with Crippen LogP contribution in [0.15, 0.2) is 29.3 Å². The van der Waals surface area contributed by atoms with Gasteiger partial charge >= 0.3 is 0 Å². The molecule has 0 saturated carbocycles. The Kier molecular flexibility index (Phi) is 7.83. The van der Waals surface area contributed by atoms with Crippen LogP contribution in [0.5, 0.6) is 0 Å². The molecule has 1 aromatic carbocycles. The van der Waals surface area contributed by atoms with Crippen molar-refractivity contribution >= 4 is 42.5 Å². The third-order valence-electron chi connectivity index (χ3n) is 4.29. The van der Waals surface area contributed by atoms with Crippen molar-refractivity contribution in [2.75, 3.05) is 11.5 Å². The fourth-order valence-electron chi connectivity index (χ4n) is 2.94. The third-order valence-corrected chi connectivity index (χ3v) is 11.0. The molecule has 0 aliphatic heterocycles. The molecule has 0 aliphatic rings. The molecule has 24 heavy (non-hydrogen) atoms. The molecule has 0 amide bonds. The van der Waals surface area contributed by atoms with Crippen LogP contribution < -0.4 is 0 Å². The molecular weight excluding hydrogens is 346 g/mol. The van der Waals surface area contributed by atoms with Crippen molar-refractivity contribution in [1.29, 1.82) is 0 Å². The summed E-state index contributed by atoms with van der Waals surface area (Å²) in [6.07, 6.45) is 5.18. The summed E-state index contributed by atoms with van der Waals surface area (Å²) in [6.45, 7) is 12.1. The van der Waals surface area contributed by atoms with Gasteiger partial charge in [-0.05, 0) is 30.4 Å². The Morgan fingerprint density at radius 2 is 1.67 bits per heavy atom. The number of unbranched alkanes of at least 4 members (excludes halogenated alkanes) is 2. The van der Waals surface area contributed by atoms with Gasteiger partial charge in [0.15, 0.2) is 0 Å². The maximum absolute atomic E-state index is 3.74. The van der Waals surface area contributed by atoms with Gasteiger partial charge in [-0.2, -0.15) is 11.8 Å². The number of aromatic amines is 1. The fourth-order valence-corrected chi connectivity index (χ4v) is 8.95. The van der Waals surface area contributed by atoms with Gasteiger partial charge in [0.1, 0.15) is 0 Å². The zero-order valence-corrected chi connectivity index (χ0v) is 18.6. The van der Waals surface area contributed by atoms with Gasteiger partial charge in [-0.25, -0.2) is 0 Å². The van der Waals surface area contributed by atoms with Crippen molar-refractivity contribution in [1.82, 2.24) is 4.98 Å². The second-order valence-electron chi connectivity index (χ2n) is 7.59. The molecule has 0 aliphatic carbocycles. The van der Waals surface area contributed by atoms with Crippen molar-refractivity contribution in [2.24, 2.45) is 0 Å². The third kappa shape index (κ3) is 5.09. The lowest BCUT2D eigenvalue weighted by Gasteiger charge is -2.29. The Balaban J connectivity index is 2.41. The quantitative estimate of drug-likeness (QED) is 0.261. The minimum absolute atomic E-state index is 0.671. The molecule has 0 saturated heterocycles. The van der Waals surface area contributed by atoms with E-state index >= 15 is 0 Å². The molecule has 1 heterocycles. The summed E-state index contributed by atoms with van der Waals surface area (Å²) < 4.78 is 0. The summed E-state index contributed by atoms with van der Waals surface area (Å²) in [5, 5.41) is 2.88. The van der Waals surface area contributed by atoms with Crippen molar-refractivity contribution in [3.8, 4) is 0 Å². The molecule has 1 unspecified atom stereocenters. The SMILES string of the molecule is CCCCSc1[nH]c2ccccc2c1C(SCCCC)[Si](C)(C)C. The first-order valence-corrected chi connectivity index (χ1v) is 14.9. The van der Waals surface area contributed by atoms with Gasteiger partial charge in [-0.15, -0.1) is 11.8 Å². The Morgan fingerprint density at radius 3 is 2.33 bits per heavy atom. The van der Waals surface area contributed by atoms with E-state index in [-0.39, 0.29) is 0 Å². The van der Waals surface area contributed by atoms with E-state index in [1.807, 2.05) is 11.8 Å². The van der Waals surface area contributed by atoms with Crippen LogP contribution in [0.25, 0.3) is 10.9 Å². The van der Waals surface area contributed by atoms with E-state index in [1.54, 1.807) is 5.56 Å². The first-order chi connectivity index (χ1) is 11.5. The van der Waals surface area contributed by atoms with E-state index < -0.39 is 8.07 Å². The highest BCUT2D eigenvalue weighted by atomic mass is 32.2. The number of H-pyrrole nitrogens is 1. The smallest absolute Gasteiger partial charge is 0.0773 e. The maximum Gasteiger partial charge on any atom is 0.0773 e. The molecular formula is C20H33NS2Si. The summed E-state index contributed by atoms with van der Waals surface area (Å²) in [5.74, 6) is 2.50. The molecule has 1 aromatic heterocycles. The van der Waals surface area contributed by atoms with Gasteiger partial charge in [0.05, 0.1) is 13.1 Å². The normalized spacial score (nSPS) is 13.5. The predicted molar refractivity (Wildman–Crippen MR) is 117 cm³/mol. The largest absolute Gasteiger partial charge is 0.349 e. The monoisotopic (exact) mass is 379 g/mol. The predicted octanol–water partition coefficient (Wildman–Crippen LogP) is 7.51. The van der Waals surface area contributed by atoms with Gasteiger partial charge < -0.3 is 4.98 Å². The zero-order chi connectivity index (χ0) is 17.6. The summed E-state index contributed by atoms with van der Waals surface area (Å²) in [7, 11) is -1.31. The first-order valence-electron chi connectivity index (χ1n) is 9.34. The van der Waals surface area contributed by atoms with Crippen LogP contribution in [0, 0.1) is 0 Å². The average molecular weight is 380 g/mol. The molecule has 1 atom stereocenters. The number of nitrogens with one attached hydrogen (secondary N) is 1. The lowest BCUT2D eigenvalue weighted by molar-refractivity contribution is 0.893. The van der Waals surface area contributed by atoms with Crippen LogP contribution in [-0.2, 0) is 0 Å². The van der Waals surface area contributed by atoms with E-state index in [9.17, 15) is 0 Å². The fraction of sp³-hybridized carbons (Fsp3) is 0.600. The molecule has 0 spiro atoms. The summed E-state index contributed by atoms with van der Waals surface area (Å²) in [4.78, 5) is 4.41. The number of para-hydroxylation sites is 1. The Bertz CT molecular complexity index is 630. The van der Waals surface area contributed by atoms with Crippen molar-refractivity contribution in [3.05, 3.63) is 29.8 Å². The maximum atomic E-state index is 3.74. The second kappa shape index (κ2) is 9.40. The second-order valence-corrected chi connectivity index (χ2v) is 15.6. The van der Waals surface area contributed by atoms with Gasteiger partial charge in [-0.3, -0.25) is 0 Å². The van der Waals surface area contributed by atoms with E-state index in [0.717, 1.165) is 0 Å². The molecule has 134 valence electrons. The summed E-state index contributed by atoms with van der Waals surface area (Å²) in [5.41, 5.74) is 2.91. The van der Waals surface area contributed by atoms with Crippen molar-refractivity contribution < 1.29 is 0 Å². The highest BCUT2D eigenvalue weighted by Gasteiger charge is 2.32. The number of fused-ring (bicyclic) bond motifs is 1. The van der Waals surface area contributed by atoms with Crippen LogP contribution in [-0.4, -0.2) is 24.6 Å². The van der Waals surface area contributed by atoms with E-state index in [4.69, 9.17) is 0 Å². The standard InChI is InChI=1S/C20H33NS2Si/c1-6-8-14-22-19-18(16-12-10-11-13-17(16)21-19)20(24(3,4)5)23-15-9-7-2/h10-13,20-21H,6-9,14-15H2,1-5H3. The molecule has 2 aromatic rings. The van der Waals surface area contributed by atoms with Crippen LogP contribution in [0.4, 0.5) is 0 Å². The van der Waals surface area contributed by atoms with Crippen molar-refractivity contribution in [2.45, 2.75) is 69.1 Å². The van der Waals surface area contributed by atoms with Crippen molar-refractivity contribution in [3.63, 3.8) is 0 Å². The summed E-state index contributed by atoms with van der Waals surface area (Å²) in [6, 6.07) is 8.90. The van der Waals surface area contributed by atoms with Gasteiger partial charge in [-0.1, -0.05) is 64.5 Å². The molecule has 0 fully saturated rings. The minimum atomic E-state index is -1.31. The number of rotatable bonds is 10. The number of benzene rings is 1. The molecule has 0 bridgehead atoms. The Morgan fingerprint density at radius 1 is 1.00 bits per heavy atom. The Hall–Kier alpha value is -0.323. The summed E-state index contributed by atoms with van der Waals surface area (Å²) >= 11 is 4.24. The highest BCUT2D eigenvalue weighted by molar-refractivity contribution is 8.01. The molecule has 2 rings (SSSR count). The molecule has 1 nitrogen and oxygen atoms in total. The minimum Gasteiger partial charge on any atom is -0.349 e. The van der Waals surface area contributed by atoms with E-state index in [2.05, 4.69) is 74.5 Å². The zero-order valence-electron chi connectivity index (χ0n) is 15.9. The van der Waals surface area contributed by atoms with Crippen LogP contribution >= 0.6 is 23.5 Å². The Labute approximate surface area is 157 Å². The molecule has 4 heteroatoms. The van der Waals surface area contributed by atoms with Crippen LogP contribution in [0.1, 0.15) is 50.0 Å². The topological polar surface area (TPSA) is 15.8 Å². The number of hydrogen-bond acceptors (Lipinski definition) is 2. The highest BCUT2D eigenvalue weighted by Crippen LogP contribution is 2.45. The van der Waals surface area contributed by atoms with E-state index in [1.165, 1.54) is 53.1 Å². The number of hydrogen-bond donors (Lipinski definition) is 1. The van der Waals surface area contributed by atoms with Crippen LogP contribution in [0.2, 0.25) is 19.6 Å². The lowest BCUT2D eigenvalue weighted by Crippen LogP contribution is -2.29. The number of thioether (sulfide) groups is 2. The van der Waals surface area contributed by atoms with E-state index in [0.29, 0.717) is 4.87 Å². The van der Waals surface area contributed by atoms with Gasteiger partial charge in [0, 0.05) is 21.3 Å². The molecule has 1 N–H and O–H groups in total. The van der Waals surface area contributed by atoms with Crippen LogP contribution in [0.3, 0.4) is 0 Å².